The quantitative estimate of drug-likeness (QED) is 0.736. The van der Waals surface area contributed by atoms with Gasteiger partial charge in [-0.25, -0.2) is 0 Å². The highest BCUT2D eigenvalue weighted by molar-refractivity contribution is 6.34. The summed E-state index contributed by atoms with van der Waals surface area (Å²) >= 11 is 12.1. The summed E-state index contributed by atoms with van der Waals surface area (Å²) < 4.78 is 0. The Bertz CT molecular complexity index is 377. The molecule has 4 rings (SSSR count). The number of hydrogen-bond acceptors (Lipinski definition) is 1. The number of piperidine rings is 3. The van der Waals surface area contributed by atoms with E-state index in [0.717, 1.165) is 10.0 Å². The Kier molecular flexibility index (Phi) is 2.87. The Morgan fingerprint density at radius 3 is 2.12 bits per heavy atom. The van der Waals surface area contributed by atoms with E-state index >= 15 is 0 Å². The van der Waals surface area contributed by atoms with Crippen LogP contribution in [0.15, 0.2) is 18.2 Å². The van der Waals surface area contributed by atoms with Crippen molar-refractivity contribution in [2.24, 2.45) is 5.92 Å². The van der Waals surface area contributed by atoms with Crippen molar-refractivity contribution in [3.63, 3.8) is 0 Å². The standard InChI is InChI=1S/C13H13Cl2N/c14-11-5-10(6-12(15)7-11)13-8-16-3-1-9(13)2-4-16/h5-9H,1-4H2. The largest absolute Gasteiger partial charge is 0.298 e. The second-order valence-corrected chi connectivity index (χ2v) is 5.43. The van der Waals surface area contributed by atoms with Gasteiger partial charge in [0, 0.05) is 22.5 Å². The lowest BCUT2D eigenvalue weighted by atomic mass is 9.75. The molecule has 0 unspecified atom stereocenters. The van der Waals surface area contributed by atoms with Crippen LogP contribution in [0.3, 0.4) is 0 Å². The maximum Gasteiger partial charge on any atom is 0.0423 e. The zero-order valence-corrected chi connectivity index (χ0v) is 10.4. The van der Waals surface area contributed by atoms with Crippen LogP contribution in [0.25, 0.3) is 0 Å². The molecule has 1 aromatic carbocycles. The first kappa shape index (κ1) is 10.9. The van der Waals surface area contributed by atoms with Crippen molar-refractivity contribution in [3.05, 3.63) is 46.3 Å². The summed E-state index contributed by atoms with van der Waals surface area (Å²) in [4.78, 5) is 2.39. The summed E-state index contributed by atoms with van der Waals surface area (Å²) in [5.74, 6) is 2.10. The third kappa shape index (κ3) is 1.97. The van der Waals surface area contributed by atoms with E-state index < -0.39 is 0 Å². The molecule has 3 aliphatic rings. The van der Waals surface area contributed by atoms with Crippen LogP contribution in [-0.2, 0) is 0 Å². The molecule has 1 aromatic rings. The molecule has 0 N–H and O–H groups in total. The van der Waals surface area contributed by atoms with Crippen LogP contribution in [0, 0.1) is 18.4 Å². The molecule has 1 nitrogen and oxygen atoms in total. The summed E-state index contributed by atoms with van der Waals surface area (Å²) in [6, 6.07) is 5.82. The Morgan fingerprint density at radius 2 is 1.62 bits per heavy atom. The number of benzene rings is 1. The highest BCUT2D eigenvalue weighted by Crippen LogP contribution is 2.41. The Morgan fingerprint density at radius 1 is 1.00 bits per heavy atom. The van der Waals surface area contributed by atoms with Gasteiger partial charge < -0.3 is 0 Å². The first-order valence-electron chi connectivity index (χ1n) is 5.64. The fourth-order valence-corrected chi connectivity index (χ4v) is 3.20. The molecule has 3 aliphatic heterocycles. The SMILES string of the molecule is Clc1cc(Cl)cc([C]2[CH]N3CCC2CC3)c1. The topological polar surface area (TPSA) is 3.24 Å². The van der Waals surface area contributed by atoms with Crippen LogP contribution in [-0.4, -0.2) is 18.0 Å². The van der Waals surface area contributed by atoms with Gasteiger partial charge in [0.1, 0.15) is 0 Å². The fourth-order valence-electron chi connectivity index (χ4n) is 2.67. The van der Waals surface area contributed by atoms with Gasteiger partial charge in [0.25, 0.3) is 0 Å². The molecule has 0 saturated carbocycles. The van der Waals surface area contributed by atoms with Crippen LogP contribution < -0.4 is 0 Å². The second-order valence-electron chi connectivity index (χ2n) is 4.55. The molecule has 3 heterocycles. The first-order chi connectivity index (χ1) is 7.72. The van der Waals surface area contributed by atoms with E-state index in [0.29, 0.717) is 5.92 Å². The van der Waals surface area contributed by atoms with Crippen molar-refractivity contribution in [1.82, 2.24) is 4.90 Å². The minimum atomic E-state index is 0.694. The van der Waals surface area contributed by atoms with Crippen LogP contribution in [0.5, 0.6) is 0 Å². The van der Waals surface area contributed by atoms with E-state index in [1.54, 1.807) is 6.07 Å². The molecule has 0 atom stereocenters. The lowest BCUT2D eigenvalue weighted by Crippen LogP contribution is -2.43. The molecule has 84 valence electrons. The molecule has 2 bridgehead atoms. The molecular weight excluding hydrogens is 241 g/mol. The average Bonchev–Trinajstić information content (AvgIpc) is 2.29. The van der Waals surface area contributed by atoms with Gasteiger partial charge in [-0.1, -0.05) is 23.2 Å². The molecule has 3 saturated heterocycles. The zero-order chi connectivity index (χ0) is 11.1. The minimum Gasteiger partial charge on any atom is -0.298 e. The summed E-state index contributed by atoms with van der Waals surface area (Å²) in [6.45, 7) is 4.67. The van der Waals surface area contributed by atoms with E-state index in [1.807, 2.05) is 12.1 Å². The predicted molar refractivity (Wildman–Crippen MR) is 67.4 cm³/mol. The Hall–Kier alpha value is -0.240. The van der Waals surface area contributed by atoms with E-state index in [-0.39, 0.29) is 0 Å². The second kappa shape index (κ2) is 4.21. The van der Waals surface area contributed by atoms with Gasteiger partial charge in [-0.3, -0.25) is 4.90 Å². The van der Waals surface area contributed by atoms with Crippen molar-refractivity contribution in [1.29, 1.82) is 0 Å². The van der Waals surface area contributed by atoms with Crippen molar-refractivity contribution in [2.75, 3.05) is 13.1 Å². The van der Waals surface area contributed by atoms with Crippen molar-refractivity contribution < 1.29 is 0 Å². The van der Waals surface area contributed by atoms with Crippen LogP contribution >= 0.6 is 23.2 Å². The van der Waals surface area contributed by atoms with Crippen LogP contribution in [0.1, 0.15) is 18.4 Å². The van der Waals surface area contributed by atoms with Gasteiger partial charge in [-0.05, 0) is 55.6 Å². The predicted octanol–water partition coefficient (Wildman–Crippen LogP) is 3.80. The number of halogens is 2. The highest BCUT2D eigenvalue weighted by atomic mass is 35.5. The number of nitrogens with zero attached hydrogens (tertiary/aromatic N) is 1. The highest BCUT2D eigenvalue weighted by Gasteiger charge is 2.35. The maximum atomic E-state index is 6.05. The van der Waals surface area contributed by atoms with E-state index in [4.69, 9.17) is 23.2 Å². The third-order valence-corrected chi connectivity index (χ3v) is 3.92. The number of hydrogen-bond donors (Lipinski definition) is 0. The van der Waals surface area contributed by atoms with E-state index in [9.17, 15) is 0 Å². The molecule has 2 radical (unpaired) electrons. The van der Waals surface area contributed by atoms with Crippen molar-refractivity contribution in [3.8, 4) is 0 Å². The third-order valence-electron chi connectivity index (χ3n) is 3.49. The summed E-state index contributed by atoms with van der Waals surface area (Å²) in [5, 5.41) is 1.44. The summed E-state index contributed by atoms with van der Waals surface area (Å²) in [5.41, 5.74) is 1.19. The molecule has 3 fully saturated rings. The minimum absolute atomic E-state index is 0.694. The lowest BCUT2D eigenvalue weighted by molar-refractivity contribution is 0.179. The normalized spacial score (nSPS) is 29.6. The monoisotopic (exact) mass is 253 g/mol. The number of rotatable bonds is 1. The smallest absolute Gasteiger partial charge is 0.0423 e. The first-order valence-corrected chi connectivity index (χ1v) is 6.40. The van der Waals surface area contributed by atoms with Crippen LogP contribution in [0.2, 0.25) is 10.0 Å². The molecule has 0 amide bonds. The van der Waals surface area contributed by atoms with Gasteiger partial charge >= 0.3 is 0 Å². The molecule has 16 heavy (non-hydrogen) atoms. The molecule has 0 spiro atoms. The van der Waals surface area contributed by atoms with Gasteiger partial charge in [-0.15, -0.1) is 0 Å². The summed E-state index contributed by atoms with van der Waals surface area (Å²) in [6.07, 6.45) is 2.52. The van der Waals surface area contributed by atoms with E-state index in [1.165, 1.54) is 37.4 Å². The maximum absolute atomic E-state index is 6.05. The molecule has 0 aliphatic carbocycles. The lowest BCUT2D eigenvalue weighted by Gasteiger charge is -2.44. The van der Waals surface area contributed by atoms with Gasteiger partial charge in [0.15, 0.2) is 0 Å². The van der Waals surface area contributed by atoms with Gasteiger partial charge in [-0.2, -0.15) is 0 Å². The zero-order valence-electron chi connectivity index (χ0n) is 8.92. The van der Waals surface area contributed by atoms with Gasteiger partial charge in [0.2, 0.25) is 0 Å². The molecular formula is C13H13Cl2N. The summed E-state index contributed by atoms with van der Waals surface area (Å²) in [7, 11) is 0. The Balaban J connectivity index is 1.91. The van der Waals surface area contributed by atoms with Crippen molar-refractivity contribution >= 4 is 23.2 Å². The van der Waals surface area contributed by atoms with Crippen molar-refractivity contribution in [2.45, 2.75) is 12.8 Å². The Labute approximate surface area is 106 Å². The van der Waals surface area contributed by atoms with Gasteiger partial charge in [0.05, 0.1) is 0 Å². The molecule has 0 aromatic heterocycles. The average molecular weight is 254 g/mol. The van der Waals surface area contributed by atoms with Crippen LogP contribution in [0.4, 0.5) is 0 Å². The fraction of sp³-hybridized carbons (Fsp3) is 0.385. The number of fused-ring (bicyclic) bond motifs is 3. The molecule has 3 heteroatoms. The van der Waals surface area contributed by atoms with E-state index in [2.05, 4.69) is 11.4 Å².